The monoisotopic (exact) mass is 309 g/mol. The Morgan fingerprint density at radius 2 is 1.87 bits per heavy atom. The Balaban J connectivity index is 1.87. The number of carbonyl (C=O) groups is 2. The van der Waals surface area contributed by atoms with E-state index in [1.807, 2.05) is 50.2 Å². The van der Waals surface area contributed by atoms with Crippen LogP contribution in [0.2, 0.25) is 0 Å². The molecule has 0 saturated heterocycles. The van der Waals surface area contributed by atoms with E-state index in [2.05, 4.69) is 5.32 Å². The number of hydrogen-bond donors (Lipinski definition) is 1. The predicted octanol–water partition coefficient (Wildman–Crippen LogP) is 3.41. The van der Waals surface area contributed by atoms with Gasteiger partial charge >= 0.3 is 5.97 Å². The number of cyclic esters (lactones) is 1. The van der Waals surface area contributed by atoms with Crippen LogP contribution in [0, 0.1) is 13.8 Å². The van der Waals surface area contributed by atoms with Crippen LogP contribution in [0.1, 0.15) is 34.0 Å². The lowest BCUT2D eigenvalue weighted by Gasteiger charge is -2.33. The van der Waals surface area contributed by atoms with Crippen molar-refractivity contribution in [3.05, 3.63) is 64.7 Å². The maximum atomic E-state index is 12.7. The molecule has 1 aliphatic heterocycles. The number of hydrogen-bond acceptors (Lipinski definition) is 3. The molecule has 2 aromatic rings. The molecule has 1 atom stereocenters. The second-order valence-corrected chi connectivity index (χ2v) is 6.28. The summed E-state index contributed by atoms with van der Waals surface area (Å²) >= 11 is 0. The molecule has 1 aliphatic rings. The largest absolute Gasteiger partial charge is 0.445 e. The number of carbonyl (C=O) groups excluding carboxylic acids is 2. The minimum Gasteiger partial charge on any atom is -0.445 e. The average molecular weight is 309 g/mol. The van der Waals surface area contributed by atoms with Crippen molar-refractivity contribution < 1.29 is 14.3 Å². The Hall–Kier alpha value is -2.62. The molecule has 0 saturated carbocycles. The van der Waals surface area contributed by atoms with E-state index in [4.69, 9.17) is 4.74 Å². The first-order chi connectivity index (χ1) is 10.9. The van der Waals surface area contributed by atoms with E-state index in [0.29, 0.717) is 17.7 Å². The number of fused-ring (bicyclic) bond motifs is 1. The highest BCUT2D eigenvalue weighted by Gasteiger charge is 2.42. The van der Waals surface area contributed by atoms with Gasteiger partial charge in [0.1, 0.15) is 0 Å². The lowest BCUT2D eigenvalue weighted by atomic mass is 9.88. The van der Waals surface area contributed by atoms with Crippen molar-refractivity contribution in [3.63, 3.8) is 0 Å². The van der Waals surface area contributed by atoms with Crippen LogP contribution in [0.15, 0.2) is 42.5 Å². The third kappa shape index (κ3) is 2.97. The van der Waals surface area contributed by atoms with Crippen molar-refractivity contribution in [3.8, 4) is 0 Å². The molecule has 4 heteroatoms. The molecule has 0 aromatic heterocycles. The maximum Gasteiger partial charge on any atom is 0.339 e. The van der Waals surface area contributed by atoms with Crippen LogP contribution in [0.4, 0.5) is 5.69 Å². The van der Waals surface area contributed by atoms with Gasteiger partial charge in [0.15, 0.2) is 5.60 Å². The molecule has 0 bridgehead atoms. The van der Waals surface area contributed by atoms with Crippen molar-refractivity contribution in [1.29, 1.82) is 0 Å². The zero-order valence-corrected chi connectivity index (χ0v) is 13.5. The molecular formula is C19H19NO3. The molecule has 3 rings (SSSR count). The lowest BCUT2D eigenvalue weighted by Crippen LogP contribution is -2.48. The van der Waals surface area contributed by atoms with E-state index < -0.39 is 11.6 Å². The number of benzene rings is 2. The van der Waals surface area contributed by atoms with Gasteiger partial charge in [-0.15, -0.1) is 0 Å². The van der Waals surface area contributed by atoms with Crippen LogP contribution in [0.25, 0.3) is 0 Å². The molecule has 1 amide bonds. The van der Waals surface area contributed by atoms with Crippen LogP contribution in [-0.4, -0.2) is 17.5 Å². The molecular weight excluding hydrogens is 290 g/mol. The standard InChI is InChI=1S/C19H19NO3/c1-12-5-4-6-15(10-12)20-18(22)19(3)11-14-9-13(2)7-8-16(14)17(21)23-19/h4-10H,11H2,1-3H3,(H,20,22). The highest BCUT2D eigenvalue weighted by atomic mass is 16.6. The van der Waals surface area contributed by atoms with Gasteiger partial charge < -0.3 is 10.1 Å². The highest BCUT2D eigenvalue weighted by Crippen LogP contribution is 2.30. The first kappa shape index (κ1) is 15.3. The molecule has 4 nitrogen and oxygen atoms in total. The van der Waals surface area contributed by atoms with Gasteiger partial charge in [0, 0.05) is 12.1 Å². The van der Waals surface area contributed by atoms with E-state index in [9.17, 15) is 9.59 Å². The van der Waals surface area contributed by atoms with Gasteiger partial charge in [-0.1, -0.05) is 29.8 Å². The van der Waals surface area contributed by atoms with Gasteiger partial charge in [-0.3, -0.25) is 4.79 Å². The van der Waals surface area contributed by atoms with Crippen molar-refractivity contribution in [2.75, 3.05) is 5.32 Å². The van der Waals surface area contributed by atoms with E-state index in [1.165, 1.54) is 0 Å². The minimum atomic E-state index is -1.21. The highest BCUT2D eigenvalue weighted by molar-refractivity contribution is 6.02. The van der Waals surface area contributed by atoms with Crippen molar-refractivity contribution in [2.45, 2.75) is 32.8 Å². The maximum absolute atomic E-state index is 12.7. The van der Waals surface area contributed by atoms with Gasteiger partial charge in [-0.05, 0) is 50.1 Å². The van der Waals surface area contributed by atoms with Crippen LogP contribution < -0.4 is 5.32 Å². The normalized spacial score (nSPS) is 19.7. The fourth-order valence-corrected chi connectivity index (χ4v) is 2.84. The van der Waals surface area contributed by atoms with Crippen molar-refractivity contribution in [2.24, 2.45) is 0 Å². The van der Waals surface area contributed by atoms with Gasteiger partial charge in [0.25, 0.3) is 5.91 Å². The minimum absolute atomic E-state index is 0.316. The second kappa shape index (κ2) is 5.54. The SMILES string of the molecule is Cc1cccc(NC(=O)C2(C)Cc3cc(C)ccc3C(=O)O2)c1. The third-order valence-electron chi connectivity index (χ3n) is 4.08. The summed E-state index contributed by atoms with van der Waals surface area (Å²) in [5.74, 6) is -0.767. The summed E-state index contributed by atoms with van der Waals surface area (Å²) in [6.45, 7) is 5.57. The number of anilines is 1. The van der Waals surface area contributed by atoms with E-state index in [1.54, 1.807) is 13.0 Å². The van der Waals surface area contributed by atoms with Gasteiger partial charge in [-0.2, -0.15) is 0 Å². The Morgan fingerprint density at radius 3 is 2.61 bits per heavy atom. The lowest BCUT2D eigenvalue weighted by molar-refractivity contribution is -0.134. The topological polar surface area (TPSA) is 55.4 Å². The molecule has 2 aromatic carbocycles. The molecule has 1 heterocycles. The van der Waals surface area contributed by atoms with Crippen LogP contribution in [0.3, 0.4) is 0 Å². The summed E-state index contributed by atoms with van der Waals surface area (Å²) in [7, 11) is 0. The van der Waals surface area contributed by atoms with Crippen molar-refractivity contribution >= 4 is 17.6 Å². The summed E-state index contributed by atoms with van der Waals surface area (Å²) in [6, 6.07) is 13.1. The fourth-order valence-electron chi connectivity index (χ4n) is 2.84. The molecule has 0 fully saturated rings. The fraction of sp³-hybridized carbons (Fsp3) is 0.263. The number of aryl methyl sites for hydroxylation is 2. The Labute approximate surface area is 135 Å². The van der Waals surface area contributed by atoms with Gasteiger partial charge in [0.2, 0.25) is 0 Å². The second-order valence-electron chi connectivity index (χ2n) is 6.28. The summed E-state index contributed by atoms with van der Waals surface area (Å²) in [4.78, 5) is 24.9. The Bertz CT molecular complexity index is 797. The molecule has 1 unspecified atom stereocenters. The molecule has 23 heavy (non-hydrogen) atoms. The number of ether oxygens (including phenoxy) is 1. The zero-order valence-electron chi connectivity index (χ0n) is 13.5. The smallest absolute Gasteiger partial charge is 0.339 e. The molecule has 118 valence electrons. The van der Waals surface area contributed by atoms with Crippen LogP contribution in [0.5, 0.6) is 0 Å². The molecule has 0 spiro atoms. The Morgan fingerprint density at radius 1 is 1.13 bits per heavy atom. The van der Waals surface area contributed by atoms with Crippen LogP contribution in [-0.2, 0) is 16.0 Å². The first-order valence-electron chi connectivity index (χ1n) is 7.58. The number of amides is 1. The van der Waals surface area contributed by atoms with Gasteiger partial charge in [-0.25, -0.2) is 4.79 Å². The number of esters is 1. The van der Waals surface area contributed by atoms with Gasteiger partial charge in [0.05, 0.1) is 5.56 Å². The summed E-state index contributed by atoms with van der Waals surface area (Å²) in [6.07, 6.45) is 0.368. The quantitative estimate of drug-likeness (QED) is 0.865. The number of rotatable bonds is 2. The van der Waals surface area contributed by atoms with Crippen molar-refractivity contribution in [1.82, 2.24) is 0 Å². The Kier molecular flexibility index (Phi) is 3.68. The van der Waals surface area contributed by atoms with E-state index in [0.717, 1.165) is 16.7 Å². The average Bonchev–Trinajstić information content (AvgIpc) is 2.46. The molecule has 0 radical (unpaired) electrons. The van der Waals surface area contributed by atoms with Crippen LogP contribution >= 0.6 is 0 Å². The summed E-state index contributed by atoms with van der Waals surface area (Å²) in [5.41, 5.74) is 2.98. The van der Waals surface area contributed by atoms with E-state index >= 15 is 0 Å². The molecule has 1 N–H and O–H groups in total. The summed E-state index contributed by atoms with van der Waals surface area (Å²) < 4.78 is 5.45. The zero-order chi connectivity index (χ0) is 16.6. The predicted molar refractivity (Wildman–Crippen MR) is 88.5 cm³/mol. The number of nitrogens with one attached hydrogen (secondary N) is 1. The third-order valence-corrected chi connectivity index (χ3v) is 4.08. The first-order valence-corrected chi connectivity index (χ1v) is 7.58. The van der Waals surface area contributed by atoms with E-state index in [-0.39, 0.29) is 5.91 Å². The molecule has 0 aliphatic carbocycles. The summed E-state index contributed by atoms with van der Waals surface area (Å²) in [5, 5.41) is 2.84.